The first kappa shape index (κ1) is 28.2. The molecule has 2 aromatic rings. The molecule has 0 fully saturated rings. The number of amides is 2. The quantitative estimate of drug-likeness (QED) is 0.184. The van der Waals surface area contributed by atoms with E-state index in [1.54, 1.807) is 0 Å². The van der Waals surface area contributed by atoms with Crippen molar-refractivity contribution in [3.8, 4) is 17.2 Å². The van der Waals surface area contributed by atoms with Crippen molar-refractivity contribution in [1.82, 2.24) is 5.32 Å². The number of imide groups is 1. The number of methoxy groups -OCH3 is 2. The number of aliphatic carboxylic acids is 1. The predicted molar refractivity (Wildman–Crippen MR) is 127 cm³/mol. The molecule has 0 aromatic heterocycles. The molecule has 1 aliphatic rings. The number of carbonyl (C=O) groups is 3. The molecule has 0 saturated heterocycles. The minimum Gasteiger partial charge on any atom is -0.478 e. The average molecular weight is 540 g/mol. The first-order chi connectivity index (χ1) is 17.9. The van der Waals surface area contributed by atoms with Crippen molar-refractivity contribution >= 4 is 29.4 Å². The lowest BCUT2D eigenvalue weighted by atomic mass is 10.1. The average Bonchev–Trinajstić information content (AvgIpc) is 3.17. The molecule has 2 N–H and O–H groups in total. The van der Waals surface area contributed by atoms with Crippen LogP contribution >= 0.6 is 11.6 Å². The molecule has 200 valence electrons. The van der Waals surface area contributed by atoms with Gasteiger partial charge in [-0.2, -0.15) is 0 Å². The van der Waals surface area contributed by atoms with E-state index in [0.717, 1.165) is 0 Å². The summed E-state index contributed by atoms with van der Waals surface area (Å²) >= 11 is 6.42. The van der Waals surface area contributed by atoms with E-state index in [1.165, 1.54) is 44.6 Å². The summed E-state index contributed by atoms with van der Waals surface area (Å²) in [4.78, 5) is 36.4. The van der Waals surface area contributed by atoms with Crippen LogP contribution in [0.5, 0.6) is 17.2 Å². The van der Waals surface area contributed by atoms with Crippen LogP contribution < -0.4 is 19.5 Å². The molecular formula is C24H26ClNO11. The SMILES string of the molecule is COCCOCOc1cc(C(Oc2cccc3c2C(=O)NC3=O)C(=O)O)cc(Cl)c1OCOCCOC. The number of rotatable bonds is 16. The van der Waals surface area contributed by atoms with Crippen molar-refractivity contribution in [2.45, 2.75) is 6.10 Å². The van der Waals surface area contributed by atoms with E-state index in [0.29, 0.717) is 13.2 Å². The van der Waals surface area contributed by atoms with Crippen LogP contribution in [0.3, 0.4) is 0 Å². The summed E-state index contributed by atoms with van der Waals surface area (Å²) in [5.74, 6) is -2.59. The summed E-state index contributed by atoms with van der Waals surface area (Å²) in [6.07, 6.45) is -1.61. The second-order valence-electron chi connectivity index (χ2n) is 7.45. The van der Waals surface area contributed by atoms with Crippen molar-refractivity contribution in [3.63, 3.8) is 0 Å². The Kier molecular flexibility index (Phi) is 10.5. The number of halogens is 1. The van der Waals surface area contributed by atoms with E-state index in [2.05, 4.69) is 5.32 Å². The molecular weight excluding hydrogens is 514 g/mol. The highest BCUT2D eigenvalue weighted by Crippen LogP contribution is 2.40. The van der Waals surface area contributed by atoms with Crippen LogP contribution in [0.25, 0.3) is 0 Å². The molecule has 1 atom stereocenters. The van der Waals surface area contributed by atoms with Crippen LogP contribution in [-0.2, 0) is 23.7 Å². The first-order valence-corrected chi connectivity index (χ1v) is 11.4. The molecule has 1 heterocycles. The third-order valence-corrected chi connectivity index (χ3v) is 5.26. The molecule has 0 radical (unpaired) electrons. The van der Waals surface area contributed by atoms with Gasteiger partial charge >= 0.3 is 5.97 Å². The van der Waals surface area contributed by atoms with Gasteiger partial charge in [0.25, 0.3) is 11.8 Å². The zero-order valence-corrected chi connectivity index (χ0v) is 20.9. The zero-order valence-electron chi connectivity index (χ0n) is 20.1. The Balaban J connectivity index is 1.88. The monoisotopic (exact) mass is 539 g/mol. The van der Waals surface area contributed by atoms with Crippen LogP contribution in [0.4, 0.5) is 0 Å². The standard InChI is InChI=1S/C24H26ClNO11/c1-31-6-8-33-12-35-18-11-14(10-16(25)21(18)36-13-34-9-7-32-2)20(24(29)30)37-17-5-3-4-15-19(17)23(28)26-22(15)27/h3-5,10-11,20H,6-9,12-13H2,1-2H3,(H,29,30)(H,26,27,28). The molecule has 0 bridgehead atoms. The molecule has 12 nitrogen and oxygen atoms in total. The Labute approximate surface area is 217 Å². The molecule has 0 saturated carbocycles. The van der Waals surface area contributed by atoms with Crippen molar-refractivity contribution < 1.29 is 52.6 Å². The second kappa shape index (κ2) is 13.8. The normalized spacial score (nSPS) is 13.2. The Morgan fingerprint density at radius 2 is 1.62 bits per heavy atom. The maximum absolute atomic E-state index is 12.2. The number of fused-ring (bicyclic) bond motifs is 1. The third-order valence-electron chi connectivity index (χ3n) is 4.98. The van der Waals surface area contributed by atoms with Crippen molar-refractivity contribution in [2.75, 3.05) is 54.2 Å². The number of ether oxygens (including phenoxy) is 7. The fraction of sp³-hybridized carbons (Fsp3) is 0.375. The van der Waals surface area contributed by atoms with E-state index < -0.39 is 23.9 Å². The van der Waals surface area contributed by atoms with Crippen molar-refractivity contribution in [1.29, 1.82) is 0 Å². The van der Waals surface area contributed by atoms with Gasteiger partial charge in [-0.25, -0.2) is 4.79 Å². The van der Waals surface area contributed by atoms with Gasteiger partial charge in [0.05, 0.1) is 42.6 Å². The summed E-state index contributed by atoms with van der Waals surface area (Å²) in [6, 6.07) is 7.00. The van der Waals surface area contributed by atoms with Gasteiger partial charge in [0.15, 0.2) is 25.1 Å². The summed E-state index contributed by atoms with van der Waals surface area (Å²) in [5.41, 5.74) is 0.111. The van der Waals surface area contributed by atoms with E-state index in [4.69, 9.17) is 44.8 Å². The van der Waals surface area contributed by atoms with Gasteiger partial charge in [0, 0.05) is 19.8 Å². The second-order valence-corrected chi connectivity index (χ2v) is 7.86. The summed E-state index contributed by atoms with van der Waals surface area (Å²) in [5, 5.41) is 12.1. The summed E-state index contributed by atoms with van der Waals surface area (Å²) in [7, 11) is 3.06. The van der Waals surface area contributed by atoms with Crippen LogP contribution in [0.1, 0.15) is 32.4 Å². The molecule has 1 aliphatic heterocycles. The van der Waals surface area contributed by atoms with Gasteiger partial charge in [-0.05, 0) is 24.3 Å². The number of carboxylic acids is 1. The number of hydrogen-bond acceptors (Lipinski definition) is 10. The number of carboxylic acid groups (broad SMARTS) is 1. The fourth-order valence-corrected chi connectivity index (χ4v) is 3.54. The molecule has 37 heavy (non-hydrogen) atoms. The molecule has 0 spiro atoms. The minimum atomic E-state index is -1.61. The topological polar surface area (TPSA) is 148 Å². The number of hydrogen-bond donors (Lipinski definition) is 2. The lowest BCUT2D eigenvalue weighted by Crippen LogP contribution is -2.21. The Morgan fingerprint density at radius 3 is 2.27 bits per heavy atom. The molecule has 3 rings (SSSR count). The lowest BCUT2D eigenvalue weighted by molar-refractivity contribution is -0.145. The smallest absolute Gasteiger partial charge is 0.349 e. The Hall–Kier alpha value is -3.42. The third kappa shape index (κ3) is 7.31. The van der Waals surface area contributed by atoms with E-state index in [-0.39, 0.29) is 65.8 Å². The summed E-state index contributed by atoms with van der Waals surface area (Å²) in [6.45, 7) is 0.832. The maximum Gasteiger partial charge on any atom is 0.349 e. The fourth-order valence-electron chi connectivity index (χ4n) is 3.27. The van der Waals surface area contributed by atoms with E-state index in [9.17, 15) is 19.5 Å². The van der Waals surface area contributed by atoms with Gasteiger partial charge in [-0.15, -0.1) is 0 Å². The van der Waals surface area contributed by atoms with Crippen LogP contribution in [-0.4, -0.2) is 77.1 Å². The molecule has 0 aliphatic carbocycles. The maximum atomic E-state index is 12.2. The van der Waals surface area contributed by atoms with Gasteiger partial charge in [-0.1, -0.05) is 17.7 Å². The van der Waals surface area contributed by atoms with Gasteiger partial charge in [0.2, 0.25) is 6.10 Å². The highest BCUT2D eigenvalue weighted by molar-refractivity contribution is 6.32. The number of nitrogens with one attached hydrogen (secondary N) is 1. The highest BCUT2D eigenvalue weighted by atomic mass is 35.5. The molecule has 2 aromatic carbocycles. The minimum absolute atomic E-state index is 0.0146. The van der Waals surface area contributed by atoms with Crippen LogP contribution in [0.2, 0.25) is 5.02 Å². The highest BCUT2D eigenvalue weighted by Gasteiger charge is 2.33. The largest absolute Gasteiger partial charge is 0.478 e. The molecule has 2 amide bonds. The van der Waals surface area contributed by atoms with Gasteiger partial charge in [-0.3, -0.25) is 14.9 Å². The summed E-state index contributed by atoms with van der Waals surface area (Å²) < 4.78 is 37.4. The van der Waals surface area contributed by atoms with Gasteiger partial charge in [0.1, 0.15) is 5.75 Å². The van der Waals surface area contributed by atoms with E-state index >= 15 is 0 Å². The van der Waals surface area contributed by atoms with Crippen molar-refractivity contribution in [3.05, 3.63) is 52.0 Å². The van der Waals surface area contributed by atoms with Crippen molar-refractivity contribution in [2.24, 2.45) is 0 Å². The Morgan fingerprint density at radius 1 is 0.946 bits per heavy atom. The van der Waals surface area contributed by atoms with Crippen LogP contribution in [0, 0.1) is 0 Å². The van der Waals surface area contributed by atoms with E-state index in [1.807, 2.05) is 0 Å². The lowest BCUT2D eigenvalue weighted by Gasteiger charge is -2.20. The van der Waals surface area contributed by atoms with Crippen LogP contribution in [0.15, 0.2) is 30.3 Å². The number of carbonyl (C=O) groups excluding carboxylic acids is 2. The zero-order chi connectivity index (χ0) is 26.8. The molecule has 13 heteroatoms. The first-order valence-electron chi connectivity index (χ1n) is 11.0. The molecule has 1 unspecified atom stereocenters. The predicted octanol–water partition coefficient (Wildman–Crippen LogP) is 2.43. The van der Waals surface area contributed by atoms with Gasteiger partial charge < -0.3 is 38.3 Å². The Bertz CT molecular complexity index is 1120. The number of benzene rings is 2.